The minimum atomic E-state index is -1.39. The fourth-order valence-electron chi connectivity index (χ4n) is 4.11. The van der Waals surface area contributed by atoms with E-state index in [1.807, 2.05) is 49.4 Å². The Kier molecular flexibility index (Phi) is 6.96. The highest BCUT2D eigenvalue weighted by Crippen LogP contribution is 2.33. The van der Waals surface area contributed by atoms with Gasteiger partial charge >= 0.3 is 0 Å². The van der Waals surface area contributed by atoms with E-state index in [0.717, 1.165) is 27.8 Å². The standard InChI is InChI=1S/C26H27ClO5/c1-15-2-5-19(26-25(31)24(30)23(29)22(14-28)32-26)13-20(15)12-16-3-6-17(7-4-16)18-8-10-21(27)11-9-18/h2-11,13,22-26,28-31H,12,14H2,1H3. The number of ether oxygens (including phenoxy) is 1. The Balaban J connectivity index is 1.55. The predicted octanol–water partition coefficient (Wildman–Crippen LogP) is 3.42. The first-order chi connectivity index (χ1) is 15.4. The number of aliphatic hydroxyl groups excluding tert-OH is 4. The summed E-state index contributed by atoms with van der Waals surface area (Å²) in [5, 5.41) is 40.8. The molecular weight excluding hydrogens is 428 g/mol. The molecule has 4 N–H and O–H groups in total. The summed E-state index contributed by atoms with van der Waals surface area (Å²) in [5.74, 6) is 0. The molecule has 3 aromatic rings. The Labute approximate surface area is 192 Å². The molecule has 3 aromatic carbocycles. The summed E-state index contributed by atoms with van der Waals surface area (Å²) >= 11 is 5.98. The molecule has 0 amide bonds. The Bertz CT molecular complexity index is 1050. The van der Waals surface area contributed by atoms with Crippen LogP contribution in [0.2, 0.25) is 5.02 Å². The molecule has 1 saturated heterocycles. The smallest absolute Gasteiger partial charge is 0.113 e. The molecule has 1 aliphatic rings. The van der Waals surface area contributed by atoms with Crippen LogP contribution in [0.4, 0.5) is 0 Å². The fourth-order valence-corrected chi connectivity index (χ4v) is 4.24. The van der Waals surface area contributed by atoms with Gasteiger partial charge in [-0.3, -0.25) is 0 Å². The summed E-state index contributed by atoms with van der Waals surface area (Å²) < 4.78 is 5.72. The van der Waals surface area contributed by atoms with Crippen molar-refractivity contribution in [2.45, 2.75) is 43.9 Å². The Hall–Kier alpha value is -2.25. The van der Waals surface area contributed by atoms with Gasteiger partial charge in [0.15, 0.2) is 0 Å². The van der Waals surface area contributed by atoms with Crippen molar-refractivity contribution in [3.05, 3.63) is 94.0 Å². The second-order valence-electron chi connectivity index (χ2n) is 8.32. The Morgan fingerprint density at radius 3 is 2.06 bits per heavy atom. The first-order valence-corrected chi connectivity index (χ1v) is 11.0. The second kappa shape index (κ2) is 9.71. The minimum absolute atomic E-state index is 0.444. The van der Waals surface area contributed by atoms with E-state index in [0.29, 0.717) is 17.0 Å². The molecule has 1 fully saturated rings. The molecular formula is C26H27ClO5. The highest BCUT2D eigenvalue weighted by Gasteiger charge is 2.43. The van der Waals surface area contributed by atoms with Crippen molar-refractivity contribution in [1.29, 1.82) is 0 Å². The number of hydrogen-bond donors (Lipinski definition) is 4. The zero-order valence-electron chi connectivity index (χ0n) is 17.7. The van der Waals surface area contributed by atoms with Crippen LogP contribution in [0, 0.1) is 6.92 Å². The average Bonchev–Trinajstić information content (AvgIpc) is 2.80. The van der Waals surface area contributed by atoms with E-state index >= 15 is 0 Å². The predicted molar refractivity (Wildman–Crippen MR) is 124 cm³/mol. The zero-order valence-corrected chi connectivity index (χ0v) is 18.5. The van der Waals surface area contributed by atoms with Gasteiger partial charge in [-0.25, -0.2) is 0 Å². The van der Waals surface area contributed by atoms with Gasteiger partial charge in [0.1, 0.15) is 30.5 Å². The molecule has 168 valence electrons. The van der Waals surface area contributed by atoms with Crippen LogP contribution in [-0.2, 0) is 11.2 Å². The maximum atomic E-state index is 10.5. The number of hydrogen-bond acceptors (Lipinski definition) is 5. The molecule has 0 radical (unpaired) electrons. The zero-order chi connectivity index (χ0) is 22.8. The van der Waals surface area contributed by atoms with Crippen molar-refractivity contribution < 1.29 is 25.2 Å². The van der Waals surface area contributed by atoms with Crippen LogP contribution in [-0.4, -0.2) is 51.4 Å². The summed E-state index contributed by atoms with van der Waals surface area (Å²) in [4.78, 5) is 0. The van der Waals surface area contributed by atoms with Crippen molar-refractivity contribution in [2.24, 2.45) is 0 Å². The highest BCUT2D eigenvalue weighted by molar-refractivity contribution is 6.30. The Morgan fingerprint density at radius 2 is 1.44 bits per heavy atom. The third kappa shape index (κ3) is 4.74. The first-order valence-electron chi connectivity index (χ1n) is 10.6. The van der Waals surface area contributed by atoms with E-state index in [-0.39, 0.29) is 0 Å². The summed E-state index contributed by atoms with van der Waals surface area (Å²) in [6.45, 7) is 1.58. The number of rotatable bonds is 5. The third-order valence-electron chi connectivity index (χ3n) is 6.12. The van der Waals surface area contributed by atoms with E-state index in [1.54, 1.807) is 0 Å². The van der Waals surface area contributed by atoms with Crippen molar-refractivity contribution in [2.75, 3.05) is 6.61 Å². The van der Waals surface area contributed by atoms with Crippen LogP contribution < -0.4 is 0 Å². The minimum Gasteiger partial charge on any atom is -0.394 e. The van der Waals surface area contributed by atoms with E-state index in [1.165, 1.54) is 0 Å². The molecule has 0 spiro atoms. The summed E-state index contributed by atoms with van der Waals surface area (Å²) in [6, 6.07) is 21.8. The van der Waals surface area contributed by atoms with Gasteiger partial charge in [-0.05, 0) is 58.9 Å². The van der Waals surface area contributed by atoms with Gasteiger partial charge in [0.05, 0.1) is 6.61 Å². The number of aryl methyl sites for hydroxylation is 1. The van der Waals surface area contributed by atoms with E-state index in [2.05, 4.69) is 24.3 Å². The lowest BCUT2D eigenvalue weighted by molar-refractivity contribution is -0.231. The van der Waals surface area contributed by atoms with Gasteiger partial charge in [-0.2, -0.15) is 0 Å². The van der Waals surface area contributed by atoms with Crippen LogP contribution in [0.3, 0.4) is 0 Å². The molecule has 6 heteroatoms. The molecule has 0 bridgehead atoms. The number of aliphatic hydroxyl groups is 4. The average molecular weight is 455 g/mol. The molecule has 0 saturated carbocycles. The highest BCUT2D eigenvalue weighted by atomic mass is 35.5. The van der Waals surface area contributed by atoms with Gasteiger partial charge in [-0.1, -0.05) is 66.2 Å². The van der Waals surface area contributed by atoms with Gasteiger partial charge in [0, 0.05) is 5.02 Å². The van der Waals surface area contributed by atoms with E-state index in [4.69, 9.17) is 16.3 Å². The number of halogens is 1. The molecule has 5 atom stereocenters. The van der Waals surface area contributed by atoms with Crippen LogP contribution in [0.1, 0.15) is 28.4 Å². The first kappa shape index (κ1) is 22.9. The third-order valence-corrected chi connectivity index (χ3v) is 6.37. The van der Waals surface area contributed by atoms with Crippen molar-refractivity contribution in [1.82, 2.24) is 0 Å². The second-order valence-corrected chi connectivity index (χ2v) is 8.75. The summed E-state index contributed by atoms with van der Waals surface area (Å²) in [7, 11) is 0. The lowest BCUT2D eigenvalue weighted by atomic mass is 9.89. The summed E-state index contributed by atoms with van der Waals surface area (Å²) in [6.07, 6.45) is -5.12. The number of benzene rings is 3. The van der Waals surface area contributed by atoms with Crippen molar-refractivity contribution in [3.63, 3.8) is 0 Å². The van der Waals surface area contributed by atoms with E-state index in [9.17, 15) is 20.4 Å². The molecule has 4 rings (SSSR count). The molecule has 32 heavy (non-hydrogen) atoms. The maximum absolute atomic E-state index is 10.5. The molecule has 5 nitrogen and oxygen atoms in total. The Morgan fingerprint density at radius 1 is 0.812 bits per heavy atom. The van der Waals surface area contributed by atoms with Crippen molar-refractivity contribution >= 4 is 11.6 Å². The molecule has 0 aromatic heterocycles. The molecule has 0 aliphatic carbocycles. The molecule has 1 aliphatic heterocycles. The van der Waals surface area contributed by atoms with Gasteiger partial charge < -0.3 is 25.2 Å². The lowest BCUT2D eigenvalue weighted by Crippen LogP contribution is -2.55. The van der Waals surface area contributed by atoms with Crippen LogP contribution in [0.5, 0.6) is 0 Å². The lowest BCUT2D eigenvalue weighted by Gasteiger charge is -2.40. The molecule has 1 heterocycles. The quantitative estimate of drug-likeness (QED) is 0.474. The fraction of sp³-hybridized carbons (Fsp3) is 0.308. The van der Waals surface area contributed by atoms with Crippen molar-refractivity contribution in [3.8, 4) is 11.1 Å². The summed E-state index contributed by atoms with van der Waals surface area (Å²) in [5.41, 5.74) is 6.20. The van der Waals surface area contributed by atoms with Crippen LogP contribution >= 0.6 is 11.6 Å². The normalized spacial score (nSPS) is 25.6. The van der Waals surface area contributed by atoms with Gasteiger partial charge in [0.2, 0.25) is 0 Å². The SMILES string of the molecule is Cc1ccc(C2OC(CO)C(O)C(O)C2O)cc1Cc1ccc(-c2ccc(Cl)cc2)cc1. The monoisotopic (exact) mass is 454 g/mol. The van der Waals surface area contributed by atoms with Crippen LogP contribution in [0.15, 0.2) is 66.7 Å². The largest absolute Gasteiger partial charge is 0.394 e. The topological polar surface area (TPSA) is 90.2 Å². The van der Waals surface area contributed by atoms with Gasteiger partial charge in [0.25, 0.3) is 0 Å². The molecule has 5 unspecified atom stereocenters. The van der Waals surface area contributed by atoms with E-state index < -0.39 is 37.1 Å². The van der Waals surface area contributed by atoms with Crippen LogP contribution in [0.25, 0.3) is 11.1 Å². The maximum Gasteiger partial charge on any atom is 0.113 e. The van der Waals surface area contributed by atoms with Gasteiger partial charge in [-0.15, -0.1) is 0 Å².